The van der Waals surface area contributed by atoms with Gasteiger partial charge in [0.1, 0.15) is 0 Å². The van der Waals surface area contributed by atoms with Crippen molar-refractivity contribution in [2.24, 2.45) is 0 Å². The molecule has 0 aromatic heterocycles. The second-order valence-electron chi connectivity index (χ2n) is 2.33. The van der Waals surface area contributed by atoms with Crippen LogP contribution in [0.2, 0.25) is 0 Å². The van der Waals surface area contributed by atoms with Crippen LogP contribution in [0.25, 0.3) is 0 Å². The standard InChI is InChI=1S/3C2H6NO.2Zr/c3*3-1-2-4;;/h3*3-4H,1-2H2;;/q3*-1;;+3. The second kappa shape index (κ2) is 14.5. The SMILES string of the molecule is OCC[NH][Zr]([NH]CCO)[NH]CCO.[Zr]. The maximum atomic E-state index is 8.58. The number of aliphatic hydroxyl groups excluding tert-OH is 3. The van der Waals surface area contributed by atoms with Crippen molar-refractivity contribution in [3.63, 3.8) is 0 Å². The quantitative estimate of drug-likeness (QED) is 0.263. The van der Waals surface area contributed by atoms with Crippen molar-refractivity contribution < 1.29 is 64.1 Å². The maximum Gasteiger partial charge on any atom is 0 e. The van der Waals surface area contributed by atoms with E-state index >= 15 is 0 Å². The Balaban J connectivity index is 0. The van der Waals surface area contributed by atoms with E-state index in [1.54, 1.807) is 0 Å². The van der Waals surface area contributed by atoms with Crippen LogP contribution >= 0.6 is 0 Å². The van der Waals surface area contributed by atoms with Crippen LogP contribution in [0.3, 0.4) is 0 Å². The van der Waals surface area contributed by atoms with Crippen molar-refractivity contribution in [2.75, 3.05) is 39.5 Å². The first-order chi connectivity index (χ1) is 6.35. The molecule has 0 amide bonds. The molecule has 0 aromatic carbocycles. The fraction of sp³-hybridized carbons (Fsp3) is 1.00. The van der Waals surface area contributed by atoms with Gasteiger partial charge in [-0.1, -0.05) is 0 Å². The molecule has 0 atom stereocenters. The van der Waals surface area contributed by atoms with Crippen LogP contribution in [0.5, 0.6) is 0 Å². The van der Waals surface area contributed by atoms with Gasteiger partial charge in [0.25, 0.3) is 0 Å². The molecule has 0 bridgehead atoms. The summed E-state index contributed by atoms with van der Waals surface area (Å²) in [5, 5.41) is 25.7. The molecule has 0 saturated heterocycles. The topological polar surface area (TPSA) is 96.8 Å². The van der Waals surface area contributed by atoms with Gasteiger partial charge < -0.3 is 0 Å². The number of hydrogen-bond donors (Lipinski definition) is 6. The van der Waals surface area contributed by atoms with Crippen LogP contribution in [-0.2, 0) is 48.8 Å². The summed E-state index contributed by atoms with van der Waals surface area (Å²) in [7, 11) is 0. The third-order valence-electron chi connectivity index (χ3n) is 1.24. The van der Waals surface area contributed by atoms with Gasteiger partial charge in [0.2, 0.25) is 0 Å². The average molecular weight is 363 g/mol. The number of rotatable bonds is 9. The molecule has 0 aromatic rings. The molecule has 0 heterocycles. The summed E-state index contributed by atoms with van der Waals surface area (Å²) in [4.78, 5) is 0. The zero-order valence-corrected chi connectivity index (χ0v) is 13.0. The average Bonchev–Trinajstić information content (AvgIpc) is 2.17. The molecule has 6 N–H and O–H groups in total. The normalized spacial score (nSPS) is 9.64. The third kappa shape index (κ3) is 11.6. The minimum Gasteiger partial charge on any atom is 0 e. The van der Waals surface area contributed by atoms with E-state index in [-0.39, 0.29) is 46.0 Å². The minimum absolute atomic E-state index is 0. The fourth-order valence-electron chi connectivity index (χ4n) is 0.730. The monoisotopic (exact) mass is 360 g/mol. The molecule has 0 aliphatic rings. The van der Waals surface area contributed by atoms with Crippen molar-refractivity contribution in [1.82, 2.24) is 9.78 Å². The van der Waals surface area contributed by atoms with Crippen molar-refractivity contribution >= 4 is 0 Å². The smallest absolute Gasteiger partial charge is 0 e. The molecule has 6 nitrogen and oxygen atoms in total. The van der Waals surface area contributed by atoms with Gasteiger partial charge >= 0.3 is 87.2 Å². The summed E-state index contributed by atoms with van der Waals surface area (Å²) in [5.41, 5.74) is 0. The summed E-state index contributed by atoms with van der Waals surface area (Å²) in [6.45, 7) is 1.95. The van der Waals surface area contributed by atoms with Crippen molar-refractivity contribution in [3.8, 4) is 0 Å². The Morgan fingerprint density at radius 1 is 0.714 bits per heavy atom. The summed E-state index contributed by atoms with van der Waals surface area (Å²) in [6.07, 6.45) is 0. The first-order valence-corrected chi connectivity index (χ1v) is 7.95. The number of nitrogens with one attached hydrogen (secondary N) is 3. The fourth-order valence-corrected chi connectivity index (χ4v) is 4.32. The van der Waals surface area contributed by atoms with Crippen molar-refractivity contribution in [1.29, 1.82) is 0 Å². The minimum atomic E-state index is -2.07. The van der Waals surface area contributed by atoms with Crippen molar-refractivity contribution in [3.05, 3.63) is 0 Å². The second-order valence-corrected chi connectivity index (χ2v) is 6.78. The van der Waals surface area contributed by atoms with E-state index in [4.69, 9.17) is 15.3 Å². The van der Waals surface area contributed by atoms with E-state index in [0.29, 0.717) is 19.6 Å². The molecule has 83 valence electrons. The largest absolute Gasteiger partial charge is 0 e. The van der Waals surface area contributed by atoms with E-state index < -0.39 is 22.6 Å². The molecule has 14 heavy (non-hydrogen) atoms. The van der Waals surface area contributed by atoms with Gasteiger partial charge in [-0.05, 0) is 0 Å². The molecule has 0 rings (SSSR count). The van der Waals surface area contributed by atoms with Gasteiger partial charge in [-0.2, -0.15) is 0 Å². The molecular formula is C6H18N3O3Zr2. The van der Waals surface area contributed by atoms with Gasteiger partial charge in [0.05, 0.1) is 0 Å². The molecule has 0 fully saturated rings. The molecule has 0 spiro atoms. The van der Waals surface area contributed by atoms with E-state index in [1.165, 1.54) is 0 Å². The molecule has 0 saturated carbocycles. The van der Waals surface area contributed by atoms with Gasteiger partial charge in [-0.3, -0.25) is 0 Å². The molecular weight excluding hydrogens is 345 g/mol. The molecule has 0 aliphatic heterocycles. The van der Waals surface area contributed by atoms with Gasteiger partial charge in [-0.25, -0.2) is 0 Å². The van der Waals surface area contributed by atoms with E-state index in [2.05, 4.69) is 9.78 Å². The van der Waals surface area contributed by atoms with Crippen LogP contribution in [0.4, 0.5) is 0 Å². The predicted molar refractivity (Wildman–Crippen MR) is 45.3 cm³/mol. The van der Waals surface area contributed by atoms with Crippen molar-refractivity contribution in [2.45, 2.75) is 0 Å². The van der Waals surface area contributed by atoms with Crippen LogP contribution in [0.1, 0.15) is 0 Å². The number of hydrogen-bond acceptors (Lipinski definition) is 6. The van der Waals surface area contributed by atoms with Crippen LogP contribution < -0.4 is 9.78 Å². The Morgan fingerprint density at radius 2 is 1.00 bits per heavy atom. The summed E-state index contributed by atoms with van der Waals surface area (Å²) in [6, 6.07) is 0. The van der Waals surface area contributed by atoms with Gasteiger partial charge in [-0.15, -0.1) is 0 Å². The third-order valence-corrected chi connectivity index (χ3v) is 5.69. The van der Waals surface area contributed by atoms with Crippen LogP contribution in [0, 0.1) is 0 Å². The summed E-state index contributed by atoms with van der Waals surface area (Å²) < 4.78 is 9.42. The molecule has 0 unspecified atom stereocenters. The van der Waals surface area contributed by atoms with E-state index in [1.807, 2.05) is 0 Å². The van der Waals surface area contributed by atoms with Crippen LogP contribution in [-0.4, -0.2) is 54.8 Å². The Bertz CT molecular complexity index is 93.3. The zero-order chi connectivity index (χ0) is 9.94. The molecule has 8 heteroatoms. The molecule has 0 aliphatic carbocycles. The Hall–Kier alpha value is 1.53. The van der Waals surface area contributed by atoms with Gasteiger partial charge in [0.15, 0.2) is 0 Å². The van der Waals surface area contributed by atoms with E-state index in [9.17, 15) is 0 Å². The Labute approximate surface area is 112 Å². The summed E-state index contributed by atoms with van der Waals surface area (Å²) in [5.74, 6) is 0. The number of aliphatic hydroxyl groups is 3. The maximum absolute atomic E-state index is 8.58. The van der Waals surface area contributed by atoms with Crippen LogP contribution in [0.15, 0.2) is 0 Å². The Kier molecular flexibility index (Phi) is 18.6. The molecule has 0 radical (unpaired) electrons. The summed E-state index contributed by atoms with van der Waals surface area (Å²) >= 11 is -2.07. The first-order valence-electron chi connectivity index (χ1n) is 4.26. The first kappa shape index (κ1) is 17.9. The Morgan fingerprint density at radius 3 is 1.21 bits per heavy atom. The zero-order valence-electron chi connectivity index (χ0n) is 8.08. The predicted octanol–water partition coefficient (Wildman–Crippen LogP) is -2.91. The van der Waals surface area contributed by atoms with E-state index in [0.717, 1.165) is 0 Å². The van der Waals surface area contributed by atoms with Gasteiger partial charge in [0, 0.05) is 26.2 Å².